The second kappa shape index (κ2) is 5.35. The second-order valence-electron chi connectivity index (χ2n) is 4.95. The normalized spacial score (nSPS) is 17.3. The highest BCUT2D eigenvalue weighted by Crippen LogP contribution is 2.21. The molecule has 0 saturated carbocycles. The predicted octanol–water partition coefficient (Wildman–Crippen LogP) is 0.385. The number of nitrogens with one attached hydrogen (secondary N) is 1. The van der Waals surface area contributed by atoms with Crippen molar-refractivity contribution in [2.24, 2.45) is 0 Å². The number of hydrogen-bond donors (Lipinski definition) is 2. The van der Waals surface area contributed by atoms with Crippen molar-refractivity contribution in [1.82, 2.24) is 19.9 Å². The lowest BCUT2D eigenvalue weighted by molar-refractivity contribution is -0.151. The molecule has 0 spiro atoms. The maximum absolute atomic E-state index is 12.4. The average molecular weight is 286 g/mol. The number of amides is 1. The van der Waals surface area contributed by atoms with Crippen molar-refractivity contribution in [2.75, 3.05) is 0 Å². The summed E-state index contributed by atoms with van der Waals surface area (Å²) in [7, 11) is 0. The summed E-state index contributed by atoms with van der Waals surface area (Å²) in [5.74, 6) is -1.24. The van der Waals surface area contributed by atoms with Gasteiger partial charge in [-0.2, -0.15) is 0 Å². The Morgan fingerprint density at radius 1 is 1.48 bits per heavy atom. The summed E-state index contributed by atoms with van der Waals surface area (Å²) in [5.41, 5.74) is 2.28. The summed E-state index contributed by atoms with van der Waals surface area (Å²) in [5, 5.41) is 9.34. The van der Waals surface area contributed by atoms with Crippen molar-refractivity contribution in [3.63, 3.8) is 0 Å². The van der Waals surface area contributed by atoms with E-state index in [4.69, 9.17) is 0 Å². The summed E-state index contributed by atoms with van der Waals surface area (Å²) >= 11 is 0. The lowest BCUT2D eigenvalue weighted by atomic mass is 10.0. The Kier molecular flexibility index (Phi) is 3.39. The van der Waals surface area contributed by atoms with Crippen LogP contribution in [0.4, 0.5) is 0 Å². The van der Waals surface area contributed by atoms with Crippen LogP contribution in [0.25, 0.3) is 0 Å². The molecule has 2 aromatic heterocycles. The van der Waals surface area contributed by atoms with Gasteiger partial charge in [-0.3, -0.25) is 9.78 Å². The molecule has 21 heavy (non-hydrogen) atoms. The van der Waals surface area contributed by atoms with Crippen LogP contribution in [0.2, 0.25) is 0 Å². The fourth-order valence-corrected chi connectivity index (χ4v) is 2.50. The molecule has 1 amide bonds. The second-order valence-corrected chi connectivity index (χ2v) is 4.95. The highest BCUT2D eigenvalue weighted by atomic mass is 16.4. The number of H-pyrrole nitrogens is 1. The van der Waals surface area contributed by atoms with Gasteiger partial charge in [-0.05, 0) is 11.6 Å². The van der Waals surface area contributed by atoms with E-state index in [1.165, 1.54) is 11.2 Å². The third kappa shape index (κ3) is 2.62. The number of aromatic amines is 1. The van der Waals surface area contributed by atoms with Crippen LogP contribution in [0.5, 0.6) is 0 Å². The van der Waals surface area contributed by atoms with E-state index in [2.05, 4.69) is 15.0 Å². The van der Waals surface area contributed by atoms with Crippen LogP contribution in [0.3, 0.4) is 0 Å². The van der Waals surface area contributed by atoms with Crippen LogP contribution >= 0.6 is 0 Å². The maximum Gasteiger partial charge on any atom is 0.326 e. The molecule has 3 rings (SSSR count). The molecular formula is C14H14N4O3. The first-order chi connectivity index (χ1) is 10.1. The Morgan fingerprint density at radius 2 is 2.33 bits per heavy atom. The van der Waals surface area contributed by atoms with E-state index in [-0.39, 0.29) is 25.3 Å². The van der Waals surface area contributed by atoms with Crippen LogP contribution in [-0.4, -0.2) is 42.9 Å². The molecule has 108 valence electrons. The first kappa shape index (κ1) is 13.3. The predicted molar refractivity (Wildman–Crippen MR) is 72.2 cm³/mol. The number of carboxylic acid groups (broad SMARTS) is 1. The summed E-state index contributed by atoms with van der Waals surface area (Å²) in [6.07, 6.45) is 5.14. The van der Waals surface area contributed by atoms with Crippen molar-refractivity contribution in [1.29, 1.82) is 0 Å². The number of imidazole rings is 1. The standard InChI is InChI=1S/C14H14N4O3/c19-13(4-9-2-1-3-15-6-9)18-7-11-10(16-8-17-11)5-12(18)14(20)21/h1-3,6,8,12H,4-5,7H2,(H,16,17)(H,20,21). The fraction of sp³-hybridized carbons (Fsp3) is 0.286. The Bertz CT molecular complexity index is 668. The number of carboxylic acids is 1. The van der Waals surface area contributed by atoms with Crippen molar-refractivity contribution >= 4 is 11.9 Å². The number of aliphatic carboxylic acids is 1. The molecule has 0 aromatic carbocycles. The highest BCUT2D eigenvalue weighted by molar-refractivity contribution is 5.85. The third-order valence-corrected chi connectivity index (χ3v) is 3.58. The molecule has 0 fully saturated rings. The molecule has 2 aromatic rings. The van der Waals surface area contributed by atoms with Crippen LogP contribution < -0.4 is 0 Å². The third-order valence-electron chi connectivity index (χ3n) is 3.58. The minimum Gasteiger partial charge on any atom is -0.480 e. The Balaban J connectivity index is 1.82. The number of rotatable bonds is 3. The topological polar surface area (TPSA) is 99.2 Å². The van der Waals surface area contributed by atoms with E-state index >= 15 is 0 Å². The first-order valence-corrected chi connectivity index (χ1v) is 6.57. The van der Waals surface area contributed by atoms with Gasteiger partial charge in [0.05, 0.1) is 30.7 Å². The number of carbonyl (C=O) groups is 2. The molecule has 0 aliphatic carbocycles. The van der Waals surface area contributed by atoms with Gasteiger partial charge < -0.3 is 15.0 Å². The molecule has 1 aliphatic rings. The minimum absolute atomic E-state index is 0.140. The summed E-state index contributed by atoms with van der Waals surface area (Å²) < 4.78 is 0. The molecule has 7 heteroatoms. The van der Waals surface area contributed by atoms with Gasteiger partial charge in [-0.25, -0.2) is 9.78 Å². The van der Waals surface area contributed by atoms with Gasteiger partial charge in [0.1, 0.15) is 6.04 Å². The molecule has 1 atom stereocenters. The van der Waals surface area contributed by atoms with Crippen molar-refractivity contribution < 1.29 is 14.7 Å². The number of carbonyl (C=O) groups excluding carboxylic acids is 1. The lowest BCUT2D eigenvalue weighted by Crippen LogP contribution is -2.49. The van der Waals surface area contributed by atoms with Gasteiger partial charge in [0.25, 0.3) is 0 Å². The minimum atomic E-state index is -1.01. The van der Waals surface area contributed by atoms with Crippen molar-refractivity contribution in [3.8, 4) is 0 Å². The fourth-order valence-electron chi connectivity index (χ4n) is 2.50. The zero-order valence-electron chi connectivity index (χ0n) is 11.2. The zero-order valence-corrected chi connectivity index (χ0v) is 11.2. The van der Waals surface area contributed by atoms with Gasteiger partial charge in [-0.15, -0.1) is 0 Å². The van der Waals surface area contributed by atoms with Crippen LogP contribution in [0.1, 0.15) is 17.0 Å². The molecule has 0 saturated heterocycles. The number of hydrogen-bond acceptors (Lipinski definition) is 4. The molecule has 1 unspecified atom stereocenters. The van der Waals surface area contributed by atoms with E-state index in [1.807, 2.05) is 0 Å². The van der Waals surface area contributed by atoms with Gasteiger partial charge in [0.2, 0.25) is 5.91 Å². The Morgan fingerprint density at radius 3 is 3.05 bits per heavy atom. The lowest BCUT2D eigenvalue weighted by Gasteiger charge is -2.32. The van der Waals surface area contributed by atoms with E-state index in [0.717, 1.165) is 11.3 Å². The Labute approximate surface area is 120 Å². The van der Waals surface area contributed by atoms with E-state index in [1.54, 1.807) is 24.5 Å². The van der Waals surface area contributed by atoms with Crippen LogP contribution in [0.15, 0.2) is 30.9 Å². The van der Waals surface area contributed by atoms with E-state index in [0.29, 0.717) is 5.69 Å². The smallest absolute Gasteiger partial charge is 0.326 e. The van der Waals surface area contributed by atoms with Crippen LogP contribution in [0, 0.1) is 0 Å². The zero-order chi connectivity index (χ0) is 14.8. The molecule has 3 heterocycles. The highest BCUT2D eigenvalue weighted by Gasteiger charge is 2.35. The molecule has 7 nitrogen and oxygen atoms in total. The largest absolute Gasteiger partial charge is 0.480 e. The van der Waals surface area contributed by atoms with Crippen LogP contribution in [-0.2, 0) is 29.0 Å². The summed E-state index contributed by atoms with van der Waals surface area (Å²) in [6.45, 7) is 0.241. The van der Waals surface area contributed by atoms with Gasteiger partial charge >= 0.3 is 5.97 Å². The number of fused-ring (bicyclic) bond motifs is 1. The SMILES string of the molecule is O=C(O)C1Cc2nc[nH]c2CN1C(=O)Cc1cccnc1. The number of aromatic nitrogens is 3. The average Bonchev–Trinajstić information content (AvgIpc) is 2.94. The Hall–Kier alpha value is -2.70. The first-order valence-electron chi connectivity index (χ1n) is 6.57. The van der Waals surface area contributed by atoms with Gasteiger partial charge in [-0.1, -0.05) is 6.07 Å². The number of nitrogens with zero attached hydrogens (tertiary/aromatic N) is 3. The monoisotopic (exact) mass is 286 g/mol. The van der Waals surface area contributed by atoms with E-state index < -0.39 is 12.0 Å². The molecular weight excluding hydrogens is 272 g/mol. The van der Waals surface area contributed by atoms with Crippen molar-refractivity contribution in [2.45, 2.75) is 25.4 Å². The van der Waals surface area contributed by atoms with Gasteiger partial charge in [0.15, 0.2) is 0 Å². The molecule has 2 N–H and O–H groups in total. The number of pyridine rings is 1. The van der Waals surface area contributed by atoms with Gasteiger partial charge in [0, 0.05) is 18.8 Å². The summed E-state index contributed by atoms with van der Waals surface area (Å²) in [6, 6.07) is 2.68. The van der Waals surface area contributed by atoms with Crippen molar-refractivity contribution in [3.05, 3.63) is 47.8 Å². The quantitative estimate of drug-likeness (QED) is 0.850. The summed E-state index contributed by atoms with van der Waals surface area (Å²) in [4.78, 5) is 36.2. The maximum atomic E-state index is 12.4. The van der Waals surface area contributed by atoms with E-state index in [9.17, 15) is 14.7 Å². The molecule has 1 aliphatic heterocycles. The molecule has 0 bridgehead atoms. The molecule has 0 radical (unpaired) electrons.